The molecule has 1 aromatic heterocycles. The molecule has 0 atom stereocenters. The van der Waals surface area contributed by atoms with E-state index in [4.69, 9.17) is 0 Å². The van der Waals surface area contributed by atoms with Crippen LogP contribution in [0.3, 0.4) is 0 Å². The second-order valence-electron chi connectivity index (χ2n) is 9.56. The lowest BCUT2D eigenvalue weighted by Crippen LogP contribution is -2.32. The van der Waals surface area contributed by atoms with Crippen molar-refractivity contribution in [2.45, 2.75) is 40.5 Å². The van der Waals surface area contributed by atoms with Crippen molar-refractivity contribution in [2.75, 3.05) is 0 Å². The first-order valence-corrected chi connectivity index (χ1v) is 11.3. The SMILES string of the molecule is Cc1ccc2c(c1)Cc1c-2ccc2c1-c1cc[n+](C)c(-c3cc(C)cc(C)c3C)c1C2. The molecule has 1 heterocycles. The van der Waals surface area contributed by atoms with Crippen molar-refractivity contribution in [3.8, 4) is 33.5 Å². The average Bonchev–Trinajstić information content (AvgIpc) is 3.28. The van der Waals surface area contributed by atoms with Gasteiger partial charge >= 0.3 is 0 Å². The highest BCUT2D eigenvalue weighted by atomic mass is 14.9. The van der Waals surface area contributed by atoms with E-state index >= 15 is 0 Å². The molecule has 0 unspecified atom stereocenters. The van der Waals surface area contributed by atoms with E-state index in [1.54, 1.807) is 0 Å². The first-order valence-electron chi connectivity index (χ1n) is 11.3. The summed E-state index contributed by atoms with van der Waals surface area (Å²) in [4.78, 5) is 0. The van der Waals surface area contributed by atoms with Gasteiger partial charge < -0.3 is 0 Å². The zero-order valence-corrected chi connectivity index (χ0v) is 19.1. The molecular weight excluding hydrogens is 374 g/mol. The van der Waals surface area contributed by atoms with Crippen LogP contribution in [-0.2, 0) is 19.9 Å². The molecule has 0 aliphatic heterocycles. The fourth-order valence-electron chi connectivity index (χ4n) is 5.88. The Kier molecular flexibility index (Phi) is 3.84. The molecule has 3 aromatic carbocycles. The highest BCUT2D eigenvalue weighted by Crippen LogP contribution is 2.49. The first-order chi connectivity index (χ1) is 14.9. The molecule has 0 amide bonds. The van der Waals surface area contributed by atoms with Gasteiger partial charge in [0.1, 0.15) is 7.05 Å². The highest BCUT2D eigenvalue weighted by Gasteiger charge is 2.33. The fourth-order valence-corrected chi connectivity index (χ4v) is 5.88. The van der Waals surface area contributed by atoms with Gasteiger partial charge in [-0.2, -0.15) is 0 Å². The third-order valence-corrected chi connectivity index (χ3v) is 7.45. The van der Waals surface area contributed by atoms with Crippen LogP contribution >= 0.6 is 0 Å². The third-order valence-electron chi connectivity index (χ3n) is 7.45. The fraction of sp³-hybridized carbons (Fsp3) is 0.233. The van der Waals surface area contributed by atoms with Crippen LogP contribution in [0.5, 0.6) is 0 Å². The normalized spacial score (nSPS) is 13.1. The number of aromatic nitrogens is 1. The molecule has 0 radical (unpaired) electrons. The summed E-state index contributed by atoms with van der Waals surface area (Å²) >= 11 is 0. The summed E-state index contributed by atoms with van der Waals surface area (Å²) in [6, 6.07) is 18.7. The Hall–Kier alpha value is -3.19. The molecule has 0 fully saturated rings. The van der Waals surface area contributed by atoms with Gasteiger partial charge in [-0.3, -0.25) is 0 Å². The predicted molar refractivity (Wildman–Crippen MR) is 128 cm³/mol. The molecule has 1 nitrogen and oxygen atoms in total. The van der Waals surface area contributed by atoms with Crippen LogP contribution in [0.4, 0.5) is 0 Å². The maximum atomic E-state index is 2.38. The number of fused-ring (bicyclic) bond motifs is 7. The van der Waals surface area contributed by atoms with Gasteiger partial charge in [0, 0.05) is 23.6 Å². The largest absolute Gasteiger partial charge is 0.216 e. The van der Waals surface area contributed by atoms with Gasteiger partial charge in [-0.25, -0.2) is 4.57 Å². The molecule has 152 valence electrons. The van der Waals surface area contributed by atoms with E-state index in [1.807, 2.05) is 0 Å². The lowest BCUT2D eigenvalue weighted by molar-refractivity contribution is -0.660. The lowest BCUT2D eigenvalue weighted by atomic mass is 9.92. The minimum absolute atomic E-state index is 1.02. The van der Waals surface area contributed by atoms with Crippen LogP contribution < -0.4 is 4.57 Å². The van der Waals surface area contributed by atoms with E-state index in [0.717, 1.165) is 12.8 Å². The number of rotatable bonds is 1. The standard InChI is InChI=1S/C30H28N/c1-17-6-8-23-22(13-17)16-27-24(23)9-7-21-15-28-25(29(21)27)10-11-31(5)30(28)26-14-18(2)12-19(3)20(26)4/h6-14H,15-16H2,1-5H3/q+1. The minimum Gasteiger partial charge on any atom is -0.201 e. The van der Waals surface area contributed by atoms with Crippen molar-refractivity contribution in [3.05, 3.63) is 99.2 Å². The third kappa shape index (κ3) is 2.59. The Balaban J connectivity index is 1.60. The van der Waals surface area contributed by atoms with Crippen molar-refractivity contribution in [3.63, 3.8) is 0 Å². The van der Waals surface area contributed by atoms with Crippen molar-refractivity contribution in [2.24, 2.45) is 7.05 Å². The summed E-state index contributed by atoms with van der Waals surface area (Å²) in [6.07, 6.45) is 4.32. The molecule has 4 aromatic rings. The summed E-state index contributed by atoms with van der Waals surface area (Å²) < 4.78 is 2.32. The van der Waals surface area contributed by atoms with E-state index < -0.39 is 0 Å². The maximum absolute atomic E-state index is 2.38. The van der Waals surface area contributed by atoms with E-state index in [-0.39, 0.29) is 0 Å². The average molecular weight is 403 g/mol. The number of hydrogen-bond acceptors (Lipinski definition) is 0. The lowest BCUT2D eigenvalue weighted by Gasteiger charge is -2.13. The van der Waals surface area contributed by atoms with Gasteiger partial charge in [0.15, 0.2) is 6.20 Å². The van der Waals surface area contributed by atoms with Gasteiger partial charge in [-0.1, -0.05) is 47.5 Å². The predicted octanol–water partition coefficient (Wildman–Crippen LogP) is 6.55. The number of hydrogen-bond donors (Lipinski definition) is 0. The van der Waals surface area contributed by atoms with Gasteiger partial charge in [-0.05, 0) is 90.3 Å². The van der Waals surface area contributed by atoms with E-state index in [2.05, 4.69) is 94.0 Å². The second kappa shape index (κ2) is 6.40. The monoisotopic (exact) mass is 402 g/mol. The number of nitrogens with zero attached hydrogens (tertiary/aromatic N) is 1. The quantitative estimate of drug-likeness (QED) is 0.274. The van der Waals surface area contributed by atoms with Crippen molar-refractivity contribution in [1.82, 2.24) is 0 Å². The van der Waals surface area contributed by atoms with Crippen molar-refractivity contribution >= 4 is 0 Å². The topological polar surface area (TPSA) is 3.88 Å². The summed E-state index contributed by atoms with van der Waals surface area (Å²) in [5.74, 6) is 0. The van der Waals surface area contributed by atoms with E-state index in [0.29, 0.717) is 0 Å². The molecule has 31 heavy (non-hydrogen) atoms. The number of aryl methyl sites for hydroxylation is 4. The second-order valence-corrected chi connectivity index (χ2v) is 9.56. The molecule has 0 saturated heterocycles. The van der Waals surface area contributed by atoms with E-state index in [9.17, 15) is 0 Å². The van der Waals surface area contributed by atoms with Crippen LogP contribution in [0.2, 0.25) is 0 Å². The summed E-state index contributed by atoms with van der Waals surface area (Å²) in [5, 5.41) is 0. The molecule has 0 bridgehead atoms. The van der Waals surface area contributed by atoms with Crippen molar-refractivity contribution < 1.29 is 4.57 Å². The maximum Gasteiger partial charge on any atom is 0.216 e. The molecule has 6 rings (SSSR count). The van der Waals surface area contributed by atoms with E-state index in [1.165, 1.54) is 78.0 Å². The first kappa shape index (κ1) is 18.6. The molecule has 2 aliphatic rings. The Bertz CT molecular complexity index is 1420. The van der Waals surface area contributed by atoms with Crippen LogP contribution in [0, 0.1) is 27.7 Å². The Labute approximate surface area is 185 Å². The molecule has 2 aliphatic carbocycles. The number of benzene rings is 3. The molecule has 0 saturated carbocycles. The van der Waals surface area contributed by atoms with Gasteiger partial charge in [-0.15, -0.1) is 0 Å². The number of pyridine rings is 1. The zero-order valence-electron chi connectivity index (χ0n) is 19.1. The molecule has 1 heteroatoms. The summed E-state index contributed by atoms with van der Waals surface area (Å²) in [6.45, 7) is 8.90. The minimum atomic E-state index is 1.02. The van der Waals surface area contributed by atoms with Crippen LogP contribution in [0.25, 0.3) is 33.5 Å². The van der Waals surface area contributed by atoms with Gasteiger partial charge in [0.25, 0.3) is 0 Å². The highest BCUT2D eigenvalue weighted by molar-refractivity contribution is 5.91. The van der Waals surface area contributed by atoms with Crippen molar-refractivity contribution in [1.29, 1.82) is 0 Å². The van der Waals surface area contributed by atoms with Crippen LogP contribution in [-0.4, -0.2) is 0 Å². The smallest absolute Gasteiger partial charge is 0.201 e. The summed E-state index contributed by atoms with van der Waals surface area (Å²) in [5.41, 5.74) is 19.9. The molecule has 0 spiro atoms. The molecule has 0 N–H and O–H groups in total. The Morgan fingerprint density at radius 1 is 0.645 bits per heavy atom. The Morgan fingerprint density at radius 2 is 1.42 bits per heavy atom. The van der Waals surface area contributed by atoms with Gasteiger partial charge in [0.2, 0.25) is 5.69 Å². The summed E-state index contributed by atoms with van der Waals surface area (Å²) in [7, 11) is 2.19. The van der Waals surface area contributed by atoms with Gasteiger partial charge in [0.05, 0.1) is 0 Å². The Morgan fingerprint density at radius 3 is 2.26 bits per heavy atom. The van der Waals surface area contributed by atoms with Crippen LogP contribution in [0.1, 0.15) is 44.5 Å². The molecular formula is C30H28N+. The zero-order chi connectivity index (χ0) is 21.4. The van der Waals surface area contributed by atoms with Crippen LogP contribution in [0.15, 0.2) is 54.7 Å².